The van der Waals surface area contributed by atoms with Gasteiger partial charge < -0.3 is 10.6 Å². The number of carbonyl (C=O) groups is 1. The number of nitrogens with one attached hydrogen (secondary N) is 2. The first-order chi connectivity index (χ1) is 9.42. The first-order valence-corrected chi connectivity index (χ1v) is 6.68. The number of hydrogen-bond donors (Lipinski definition) is 2. The lowest BCUT2D eigenvalue weighted by molar-refractivity contribution is -0.384. The van der Waals surface area contributed by atoms with E-state index in [-0.39, 0.29) is 17.4 Å². The van der Waals surface area contributed by atoms with E-state index in [1.165, 1.54) is 0 Å². The molecule has 0 aromatic carbocycles. The molecular weight excluding hydrogens is 262 g/mol. The van der Waals surface area contributed by atoms with Crippen molar-refractivity contribution in [2.75, 3.05) is 11.9 Å². The van der Waals surface area contributed by atoms with E-state index in [0.717, 1.165) is 6.42 Å². The van der Waals surface area contributed by atoms with Gasteiger partial charge in [-0.25, -0.2) is 4.68 Å². The molecule has 1 rings (SSSR count). The Labute approximate surface area is 117 Å². The van der Waals surface area contributed by atoms with Gasteiger partial charge in [0.05, 0.1) is 4.92 Å². The van der Waals surface area contributed by atoms with Gasteiger partial charge in [-0.1, -0.05) is 6.92 Å². The van der Waals surface area contributed by atoms with Gasteiger partial charge in [0, 0.05) is 13.1 Å². The maximum Gasteiger partial charge on any atom is 0.333 e. The summed E-state index contributed by atoms with van der Waals surface area (Å²) in [5, 5.41) is 20.9. The molecule has 8 nitrogen and oxygen atoms in total. The van der Waals surface area contributed by atoms with Crippen molar-refractivity contribution in [3.8, 4) is 0 Å². The van der Waals surface area contributed by atoms with Crippen LogP contribution in [0.15, 0.2) is 0 Å². The molecule has 0 aliphatic heterocycles. The molecule has 0 radical (unpaired) electrons. The minimum absolute atomic E-state index is 0.0744. The number of anilines is 1. The third-order valence-electron chi connectivity index (χ3n) is 2.81. The van der Waals surface area contributed by atoms with Crippen LogP contribution < -0.4 is 10.6 Å². The van der Waals surface area contributed by atoms with Crippen molar-refractivity contribution >= 4 is 17.4 Å². The number of nitro groups is 1. The summed E-state index contributed by atoms with van der Waals surface area (Å²) in [5.41, 5.74) is 0.267. The number of amides is 1. The highest BCUT2D eigenvalue weighted by Gasteiger charge is 2.27. The molecule has 1 unspecified atom stereocenters. The number of rotatable bonds is 7. The van der Waals surface area contributed by atoms with Crippen LogP contribution in [0.2, 0.25) is 0 Å². The third-order valence-corrected chi connectivity index (χ3v) is 2.81. The minimum atomic E-state index is -0.569. The zero-order valence-corrected chi connectivity index (χ0v) is 12.3. The number of aryl methyl sites for hydroxylation is 2. The molecule has 1 aromatic rings. The van der Waals surface area contributed by atoms with Gasteiger partial charge in [-0.3, -0.25) is 14.9 Å². The summed E-state index contributed by atoms with van der Waals surface area (Å²) in [6.45, 7) is 8.09. The highest BCUT2D eigenvalue weighted by Crippen LogP contribution is 2.28. The molecule has 1 aromatic heterocycles. The second kappa shape index (κ2) is 6.88. The Morgan fingerprint density at radius 1 is 1.50 bits per heavy atom. The normalized spacial score (nSPS) is 12.0. The fourth-order valence-corrected chi connectivity index (χ4v) is 1.91. The zero-order valence-electron chi connectivity index (χ0n) is 12.3. The third kappa shape index (κ3) is 3.46. The molecule has 1 heterocycles. The van der Waals surface area contributed by atoms with Crippen LogP contribution in [-0.2, 0) is 11.3 Å². The van der Waals surface area contributed by atoms with E-state index in [2.05, 4.69) is 15.7 Å². The van der Waals surface area contributed by atoms with Crippen LogP contribution in [0, 0.1) is 17.0 Å². The van der Waals surface area contributed by atoms with Gasteiger partial charge in [0.2, 0.25) is 11.7 Å². The van der Waals surface area contributed by atoms with E-state index in [9.17, 15) is 14.9 Å². The number of carbonyl (C=O) groups excluding carboxylic acids is 1. The molecule has 0 bridgehead atoms. The molecule has 1 amide bonds. The van der Waals surface area contributed by atoms with Crippen molar-refractivity contribution in [2.45, 2.75) is 46.7 Å². The highest BCUT2D eigenvalue weighted by molar-refractivity contribution is 5.84. The average molecular weight is 283 g/mol. The monoisotopic (exact) mass is 283 g/mol. The van der Waals surface area contributed by atoms with Gasteiger partial charge >= 0.3 is 5.69 Å². The summed E-state index contributed by atoms with van der Waals surface area (Å²) in [7, 11) is 0. The topological polar surface area (TPSA) is 102 Å². The molecule has 0 fully saturated rings. The van der Waals surface area contributed by atoms with E-state index in [1.807, 2.05) is 13.8 Å². The summed E-state index contributed by atoms with van der Waals surface area (Å²) < 4.78 is 1.54. The van der Waals surface area contributed by atoms with Crippen molar-refractivity contribution in [2.24, 2.45) is 0 Å². The Hall–Kier alpha value is -2.12. The molecule has 8 heteroatoms. The van der Waals surface area contributed by atoms with E-state index >= 15 is 0 Å². The molecule has 2 N–H and O–H groups in total. The molecule has 112 valence electrons. The SMILES string of the molecule is CCCn1nc(C)c([N+](=O)[O-])c1NC(C)C(=O)NCC. The Morgan fingerprint density at radius 2 is 2.15 bits per heavy atom. The fourth-order valence-electron chi connectivity index (χ4n) is 1.91. The van der Waals surface area contributed by atoms with E-state index in [1.54, 1.807) is 18.5 Å². The number of likely N-dealkylation sites (N-methyl/N-ethyl adjacent to an activating group) is 1. The van der Waals surface area contributed by atoms with Crippen molar-refractivity contribution in [3.63, 3.8) is 0 Å². The average Bonchev–Trinajstić information content (AvgIpc) is 2.66. The Kier molecular flexibility index (Phi) is 5.48. The first-order valence-electron chi connectivity index (χ1n) is 6.68. The summed E-state index contributed by atoms with van der Waals surface area (Å²) in [4.78, 5) is 22.4. The molecule has 1 atom stereocenters. The summed E-state index contributed by atoms with van der Waals surface area (Å²) in [5.74, 6) is 0.0804. The molecule has 0 saturated heterocycles. The van der Waals surface area contributed by atoms with Gasteiger partial charge in [-0.15, -0.1) is 0 Å². The van der Waals surface area contributed by atoms with Gasteiger partial charge in [0.25, 0.3) is 0 Å². The molecule has 0 aliphatic carbocycles. The molecular formula is C12H21N5O3. The van der Waals surface area contributed by atoms with Crippen LogP contribution in [0.25, 0.3) is 0 Å². The largest absolute Gasteiger partial charge is 0.355 e. The summed E-state index contributed by atoms with van der Waals surface area (Å²) in [6, 6.07) is -0.569. The number of aromatic nitrogens is 2. The maximum absolute atomic E-state index is 11.7. The lowest BCUT2D eigenvalue weighted by Crippen LogP contribution is -2.38. The summed E-state index contributed by atoms with van der Waals surface area (Å²) in [6.07, 6.45) is 0.794. The molecule has 0 saturated carbocycles. The van der Waals surface area contributed by atoms with E-state index in [0.29, 0.717) is 18.8 Å². The van der Waals surface area contributed by atoms with Crippen LogP contribution in [0.3, 0.4) is 0 Å². The Morgan fingerprint density at radius 3 is 2.65 bits per heavy atom. The minimum Gasteiger partial charge on any atom is -0.355 e. The van der Waals surface area contributed by atoms with Gasteiger partial charge in [0.15, 0.2) is 0 Å². The second-order valence-electron chi connectivity index (χ2n) is 4.52. The standard InChI is InChI=1S/C12H21N5O3/c1-5-7-16-11(10(17(19)20)8(3)15-16)14-9(4)12(18)13-6-2/h9,14H,5-7H2,1-4H3,(H,13,18). The smallest absolute Gasteiger partial charge is 0.333 e. The van der Waals surface area contributed by atoms with Gasteiger partial charge in [-0.2, -0.15) is 5.10 Å². The predicted octanol–water partition coefficient (Wildman–Crippen LogP) is 1.45. The highest BCUT2D eigenvalue weighted by atomic mass is 16.6. The Balaban J connectivity index is 3.07. The second-order valence-corrected chi connectivity index (χ2v) is 4.52. The van der Waals surface area contributed by atoms with Crippen molar-refractivity contribution in [1.29, 1.82) is 0 Å². The molecule has 0 aliphatic rings. The molecule has 20 heavy (non-hydrogen) atoms. The van der Waals surface area contributed by atoms with Crippen LogP contribution >= 0.6 is 0 Å². The fraction of sp³-hybridized carbons (Fsp3) is 0.667. The van der Waals surface area contributed by atoms with Crippen LogP contribution in [0.5, 0.6) is 0 Å². The van der Waals surface area contributed by atoms with Crippen molar-refractivity contribution in [3.05, 3.63) is 15.8 Å². The van der Waals surface area contributed by atoms with Gasteiger partial charge in [0.1, 0.15) is 11.7 Å². The molecule has 0 spiro atoms. The van der Waals surface area contributed by atoms with Crippen LogP contribution in [0.1, 0.15) is 32.9 Å². The quantitative estimate of drug-likeness (QED) is 0.582. The predicted molar refractivity (Wildman–Crippen MR) is 75.7 cm³/mol. The van der Waals surface area contributed by atoms with Crippen LogP contribution in [0.4, 0.5) is 11.5 Å². The van der Waals surface area contributed by atoms with Crippen molar-refractivity contribution < 1.29 is 9.72 Å². The summed E-state index contributed by atoms with van der Waals surface area (Å²) >= 11 is 0. The zero-order chi connectivity index (χ0) is 15.3. The lowest BCUT2D eigenvalue weighted by Gasteiger charge is -2.15. The lowest BCUT2D eigenvalue weighted by atomic mass is 10.3. The van der Waals surface area contributed by atoms with E-state index in [4.69, 9.17) is 0 Å². The maximum atomic E-state index is 11.7. The number of nitrogens with zero attached hydrogens (tertiary/aromatic N) is 3. The van der Waals surface area contributed by atoms with E-state index < -0.39 is 11.0 Å². The Bertz CT molecular complexity index is 498. The van der Waals surface area contributed by atoms with Crippen molar-refractivity contribution in [1.82, 2.24) is 15.1 Å². The first kappa shape index (κ1) is 15.9. The number of hydrogen-bond acceptors (Lipinski definition) is 5. The van der Waals surface area contributed by atoms with Gasteiger partial charge in [-0.05, 0) is 27.2 Å². The van der Waals surface area contributed by atoms with Crippen LogP contribution in [-0.4, -0.2) is 33.2 Å².